The summed E-state index contributed by atoms with van der Waals surface area (Å²) in [6, 6.07) is 8.49. The molecule has 0 radical (unpaired) electrons. The third-order valence-corrected chi connectivity index (χ3v) is 6.17. The predicted octanol–water partition coefficient (Wildman–Crippen LogP) is 5.43. The van der Waals surface area contributed by atoms with Gasteiger partial charge in [0.2, 0.25) is 0 Å². The van der Waals surface area contributed by atoms with Crippen molar-refractivity contribution in [1.29, 1.82) is 0 Å². The monoisotopic (exact) mass is 423 g/mol. The maximum absolute atomic E-state index is 12.5. The Labute approximate surface area is 165 Å². The number of imidazole rings is 1. The van der Waals surface area contributed by atoms with Crippen LogP contribution in [0, 0.1) is 0 Å². The van der Waals surface area contributed by atoms with Gasteiger partial charge >= 0.3 is 0 Å². The van der Waals surface area contributed by atoms with Gasteiger partial charge in [-0.2, -0.15) is 0 Å². The Bertz CT molecular complexity index is 1080. The van der Waals surface area contributed by atoms with Gasteiger partial charge in [-0.25, -0.2) is 4.98 Å². The Morgan fingerprint density at radius 3 is 2.77 bits per heavy atom. The SMILES string of the molecule is O=S(Cc1cc(Oc2ccc(Cl)c(Cl)c2)ccn1)c1nc2cscc2[nH]1. The second kappa shape index (κ2) is 7.36. The molecule has 0 aliphatic heterocycles. The second-order valence-corrected chi connectivity index (χ2v) is 8.29. The molecule has 0 saturated heterocycles. The van der Waals surface area contributed by atoms with Gasteiger partial charge in [-0.3, -0.25) is 9.19 Å². The smallest absolute Gasteiger partial charge is 0.197 e. The molecule has 3 aromatic heterocycles. The maximum atomic E-state index is 12.5. The number of fused-ring (bicyclic) bond motifs is 1. The van der Waals surface area contributed by atoms with E-state index in [4.69, 9.17) is 27.9 Å². The Kier molecular flexibility index (Phi) is 4.95. The highest BCUT2D eigenvalue weighted by molar-refractivity contribution is 7.84. The fourth-order valence-electron chi connectivity index (χ4n) is 2.31. The standard InChI is InChI=1S/C17H11Cl2N3O2S2/c18-13-2-1-11(6-14(13)19)24-12-3-4-20-10(5-12)9-26(23)17-21-15-7-25-8-16(15)22-17/h1-8H,9H2,(H,21,22). The van der Waals surface area contributed by atoms with E-state index in [9.17, 15) is 4.21 Å². The zero-order chi connectivity index (χ0) is 18.1. The van der Waals surface area contributed by atoms with Crippen LogP contribution in [0.4, 0.5) is 0 Å². The van der Waals surface area contributed by atoms with Gasteiger partial charge in [0, 0.05) is 29.1 Å². The maximum Gasteiger partial charge on any atom is 0.197 e. The van der Waals surface area contributed by atoms with Crippen molar-refractivity contribution >= 4 is 56.4 Å². The first-order valence-corrected chi connectivity index (χ1v) is 10.5. The first kappa shape index (κ1) is 17.5. The molecule has 0 bridgehead atoms. The zero-order valence-corrected chi connectivity index (χ0v) is 16.3. The van der Waals surface area contributed by atoms with Gasteiger partial charge in [0.05, 0.1) is 37.8 Å². The quantitative estimate of drug-likeness (QED) is 0.464. The highest BCUT2D eigenvalue weighted by Crippen LogP contribution is 2.29. The Balaban J connectivity index is 1.50. The van der Waals surface area contributed by atoms with Crippen LogP contribution in [0.3, 0.4) is 0 Å². The molecule has 9 heteroatoms. The Morgan fingerprint density at radius 1 is 1.12 bits per heavy atom. The average Bonchev–Trinajstić information content (AvgIpc) is 3.20. The molecule has 5 nitrogen and oxygen atoms in total. The summed E-state index contributed by atoms with van der Waals surface area (Å²) in [4.78, 5) is 11.7. The number of aromatic nitrogens is 3. The first-order valence-electron chi connectivity index (χ1n) is 7.46. The minimum atomic E-state index is -1.33. The Morgan fingerprint density at radius 2 is 1.96 bits per heavy atom. The third-order valence-electron chi connectivity index (χ3n) is 3.51. The van der Waals surface area contributed by atoms with Crippen LogP contribution in [-0.4, -0.2) is 19.2 Å². The largest absolute Gasteiger partial charge is 0.457 e. The topological polar surface area (TPSA) is 67.9 Å². The van der Waals surface area contributed by atoms with E-state index in [1.165, 1.54) is 0 Å². The molecule has 1 atom stereocenters. The van der Waals surface area contributed by atoms with Crippen LogP contribution in [0.5, 0.6) is 11.5 Å². The molecule has 26 heavy (non-hydrogen) atoms. The van der Waals surface area contributed by atoms with Crippen LogP contribution in [0.25, 0.3) is 11.0 Å². The van der Waals surface area contributed by atoms with Gasteiger partial charge in [-0.15, -0.1) is 11.3 Å². The fraction of sp³-hybridized carbons (Fsp3) is 0.0588. The summed E-state index contributed by atoms with van der Waals surface area (Å²) in [5, 5.41) is 5.17. The van der Waals surface area contributed by atoms with Crippen molar-refractivity contribution in [1.82, 2.24) is 15.0 Å². The predicted molar refractivity (Wildman–Crippen MR) is 105 cm³/mol. The molecule has 0 fully saturated rings. The van der Waals surface area contributed by atoms with Crippen molar-refractivity contribution in [3.05, 3.63) is 63.0 Å². The number of benzene rings is 1. The lowest BCUT2D eigenvalue weighted by molar-refractivity contribution is 0.481. The van der Waals surface area contributed by atoms with Crippen molar-refractivity contribution < 1.29 is 8.95 Å². The molecular weight excluding hydrogens is 413 g/mol. The summed E-state index contributed by atoms with van der Waals surface area (Å²) in [6.07, 6.45) is 1.61. The lowest BCUT2D eigenvalue weighted by Crippen LogP contribution is -2.01. The summed E-state index contributed by atoms with van der Waals surface area (Å²) in [6.45, 7) is 0. The number of ether oxygens (including phenoxy) is 1. The third kappa shape index (κ3) is 3.76. The van der Waals surface area contributed by atoms with E-state index in [0.717, 1.165) is 11.0 Å². The number of aromatic amines is 1. The molecule has 1 aromatic carbocycles. The molecule has 3 heterocycles. The molecule has 132 valence electrons. The fourth-order valence-corrected chi connectivity index (χ4v) is 4.28. The van der Waals surface area contributed by atoms with Crippen LogP contribution in [0.1, 0.15) is 5.69 Å². The van der Waals surface area contributed by atoms with E-state index < -0.39 is 10.8 Å². The van der Waals surface area contributed by atoms with Gasteiger partial charge in [0.25, 0.3) is 0 Å². The van der Waals surface area contributed by atoms with Gasteiger partial charge in [0.15, 0.2) is 5.16 Å². The number of thiophene rings is 1. The molecule has 0 aliphatic carbocycles. The number of H-pyrrole nitrogens is 1. The van der Waals surface area contributed by atoms with E-state index in [0.29, 0.717) is 32.4 Å². The van der Waals surface area contributed by atoms with Crippen molar-refractivity contribution in [2.75, 3.05) is 0 Å². The Hall–Kier alpha value is -1.93. The number of rotatable bonds is 5. The summed E-state index contributed by atoms with van der Waals surface area (Å²) in [5.74, 6) is 1.37. The highest BCUT2D eigenvalue weighted by Gasteiger charge is 2.13. The first-order chi connectivity index (χ1) is 12.6. The molecule has 0 saturated carbocycles. The molecular formula is C17H11Cl2N3O2S2. The van der Waals surface area contributed by atoms with Gasteiger partial charge in [-0.05, 0) is 18.2 Å². The van der Waals surface area contributed by atoms with E-state index in [1.807, 2.05) is 10.8 Å². The van der Waals surface area contributed by atoms with Crippen molar-refractivity contribution in [2.24, 2.45) is 0 Å². The van der Waals surface area contributed by atoms with Crippen LogP contribution in [0.2, 0.25) is 10.0 Å². The number of hydrogen-bond acceptors (Lipinski definition) is 5. The number of hydrogen-bond donors (Lipinski definition) is 1. The minimum absolute atomic E-state index is 0.234. The summed E-state index contributed by atoms with van der Waals surface area (Å²) < 4.78 is 18.3. The van der Waals surface area contributed by atoms with Crippen molar-refractivity contribution in [3.63, 3.8) is 0 Å². The normalized spacial score (nSPS) is 12.4. The van der Waals surface area contributed by atoms with Crippen LogP contribution in [-0.2, 0) is 16.6 Å². The van der Waals surface area contributed by atoms with Gasteiger partial charge in [-0.1, -0.05) is 23.2 Å². The van der Waals surface area contributed by atoms with E-state index in [2.05, 4.69) is 15.0 Å². The number of pyridine rings is 1. The number of halogens is 2. The zero-order valence-electron chi connectivity index (χ0n) is 13.1. The highest BCUT2D eigenvalue weighted by atomic mass is 35.5. The molecule has 4 aromatic rings. The summed E-state index contributed by atoms with van der Waals surface area (Å²) in [5.41, 5.74) is 2.35. The van der Waals surface area contributed by atoms with E-state index in [1.54, 1.807) is 47.9 Å². The lowest BCUT2D eigenvalue weighted by Gasteiger charge is -2.08. The molecule has 0 aliphatic rings. The number of nitrogens with one attached hydrogen (secondary N) is 1. The lowest BCUT2D eigenvalue weighted by atomic mass is 10.3. The van der Waals surface area contributed by atoms with Crippen molar-refractivity contribution in [2.45, 2.75) is 10.9 Å². The molecule has 0 amide bonds. The van der Waals surface area contributed by atoms with Gasteiger partial charge in [0.1, 0.15) is 17.0 Å². The summed E-state index contributed by atoms with van der Waals surface area (Å²) in [7, 11) is -1.33. The van der Waals surface area contributed by atoms with Gasteiger partial charge < -0.3 is 9.72 Å². The van der Waals surface area contributed by atoms with Crippen LogP contribution in [0.15, 0.2) is 52.4 Å². The molecule has 0 spiro atoms. The van der Waals surface area contributed by atoms with Crippen LogP contribution >= 0.6 is 34.5 Å². The minimum Gasteiger partial charge on any atom is -0.457 e. The number of nitrogens with zero attached hydrogens (tertiary/aromatic N) is 2. The average molecular weight is 424 g/mol. The van der Waals surface area contributed by atoms with E-state index >= 15 is 0 Å². The molecule has 1 unspecified atom stereocenters. The summed E-state index contributed by atoms with van der Waals surface area (Å²) >= 11 is 13.5. The van der Waals surface area contributed by atoms with E-state index in [-0.39, 0.29) is 5.75 Å². The van der Waals surface area contributed by atoms with Crippen LogP contribution < -0.4 is 4.74 Å². The second-order valence-electron chi connectivity index (χ2n) is 5.36. The van der Waals surface area contributed by atoms with Crippen molar-refractivity contribution in [3.8, 4) is 11.5 Å². The molecule has 4 rings (SSSR count). The molecule has 1 N–H and O–H groups in total.